The molecule has 1 amide bonds. The molecule has 1 heterocycles. The second kappa shape index (κ2) is 6.91. The molecule has 0 atom stereocenters. The number of para-hydroxylation sites is 1. The minimum absolute atomic E-state index is 0.228. The second-order valence-corrected chi connectivity index (χ2v) is 5.60. The average molecular weight is 328 g/mol. The van der Waals surface area contributed by atoms with Crippen molar-refractivity contribution in [3.63, 3.8) is 0 Å². The summed E-state index contributed by atoms with van der Waals surface area (Å²) in [6.45, 7) is 1.63. The standard InChI is InChI=1S/C14H18BrNO3/c15-12-3-1-2-4-13(12)19-14(18)16-8-5-11(6-9-16)7-10-17/h1-4,11,17H,5-10H2. The maximum absolute atomic E-state index is 12.0. The molecule has 4 nitrogen and oxygen atoms in total. The van der Waals surface area contributed by atoms with E-state index in [1.54, 1.807) is 11.0 Å². The smallest absolute Gasteiger partial charge is 0.409 e. The molecule has 1 aliphatic rings. The molecule has 0 aliphatic carbocycles. The molecule has 1 saturated heterocycles. The lowest BCUT2D eigenvalue weighted by Crippen LogP contribution is -2.40. The summed E-state index contributed by atoms with van der Waals surface area (Å²) in [5, 5.41) is 8.91. The number of hydrogen-bond acceptors (Lipinski definition) is 3. The lowest BCUT2D eigenvalue weighted by molar-refractivity contribution is 0.124. The first-order chi connectivity index (χ1) is 9.20. The van der Waals surface area contributed by atoms with E-state index in [1.807, 2.05) is 18.2 Å². The highest BCUT2D eigenvalue weighted by Gasteiger charge is 2.24. The number of halogens is 1. The Morgan fingerprint density at radius 3 is 2.68 bits per heavy atom. The molecule has 2 rings (SSSR count). The largest absolute Gasteiger partial charge is 0.415 e. The average Bonchev–Trinajstić information content (AvgIpc) is 2.42. The van der Waals surface area contributed by atoms with E-state index >= 15 is 0 Å². The first-order valence-electron chi connectivity index (χ1n) is 6.53. The quantitative estimate of drug-likeness (QED) is 0.928. The number of aliphatic hydroxyl groups is 1. The Hall–Kier alpha value is -1.07. The fraction of sp³-hybridized carbons (Fsp3) is 0.500. The van der Waals surface area contributed by atoms with Gasteiger partial charge in [-0.2, -0.15) is 0 Å². The van der Waals surface area contributed by atoms with Crippen LogP contribution < -0.4 is 4.74 Å². The molecular formula is C14H18BrNO3. The Morgan fingerprint density at radius 2 is 2.05 bits per heavy atom. The van der Waals surface area contributed by atoms with Crippen LogP contribution in [-0.2, 0) is 0 Å². The summed E-state index contributed by atoms with van der Waals surface area (Å²) in [7, 11) is 0. The Balaban J connectivity index is 1.87. The number of benzene rings is 1. The predicted octanol–water partition coefficient (Wildman–Crippen LogP) is 3.04. The van der Waals surface area contributed by atoms with E-state index in [0.717, 1.165) is 23.7 Å². The van der Waals surface area contributed by atoms with Gasteiger partial charge in [-0.3, -0.25) is 0 Å². The van der Waals surface area contributed by atoms with E-state index in [4.69, 9.17) is 9.84 Å². The van der Waals surface area contributed by atoms with Crippen LogP contribution in [-0.4, -0.2) is 35.8 Å². The highest BCUT2D eigenvalue weighted by Crippen LogP contribution is 2.26. The third kappa shape index (κ3) is 3.94. The molecule has 0 unspecified atom stereocenters. The van der Waals surface area contributed by atoms with Gasteiger partial charge in [-0.15, -0.1) is 0 Å². The number of ether oxygens (including phenoxy) is 1. The van der Waals surface area contributed by atoms with Crippen molar-refractivity contribution in [1.29, 1.82) is 0 Å². The normalized spacial score (nSPS) is 16.4. The van der Waals surface area contributed by atoms with Crippen molar-refractivity contribution >= 4 is 22.0 Å². The van der Waals surface area contributed by atoms with E-state index < -0.39 is 0 Å². The Labute approximate surface area is 121 Å². The Kier molecular flexibility index (Phi) is 5.22. The summed E-state index contributed by atoms with van der Waals surface area (Å²) in [6, 6.07) is 7.32. The van der Waals surface area contributed by atoms with Gasteiger partial charge in [0.15, 0.2) is 0 Å². The lowest BCUT2D eigenvalue weighted by Gasteiger charge is -2.30. The fourth-order valence-electron chi connectivity index (χ4n) is 2.27. The fourth-order valence-corrected chi connectivity index (χ4v) is 2.64. The van der Waals surface area contributed by atoms with Gasteiger partial charge >= 0.3 is 6.09 Å². The maximum Gasteiger partial charge on any atom is 0.415 e. The molecular weight excluding hydrogens is 310 g/mol. The Bertz CT molecular complexity index is 430. The van der Waals surface area contributed by atoms with Gasteiger partial charge in [0.1, 0.15) is 5.75 Å². The topological polar surface area (TPSA) is 49.8 Å². The minimum Gasteiger partial charge on any atom is -0.409 e. The van der Waals surface area contributed by atoms with E-state index in [9.17, 15) is 4.79 Å². The molecule has 1 aromatic carbocycles. The van der Waals surface area contributed by atoms with E-state index in [-0.39, 0.29) is 12.7 Å². The summed E-state index contributed by atoms with van der Waals surface area (Å²) in [5.41, 5.74) is 0. The van der Waals surface area contributed by atoms with Crippen molar-refractivity contribution in [3.05, 3.63) is 28.7 Å². The molecule has 104 valence electrons. The van der Waals surface area contributed by atoms with Gasteiger partial charge in [-0.1, -0.05) is 12.1 Å². The van der Waals surface area contributed by atoms with Crippen molar-refractivity contribution in [3.8, 4) is 5.75 Å². The van der Waals surface area contributed by atoms with Crippen LogP contribution in [0.1, 0.15) is 19.3 Å². The van der Waals surface area contributed by atoms with Crippen LogP contribution in [0.4, 0.5) is 4.79 Å². The van der Waals surface area contributed by atoms with Crippen LogP contribution in [0.25, 0.3) is 0 Å². The minimum atomic E-state index is -0.297. The van der Waals surface area contributed by atoms with Crippen molar-refractivity contribution < 1.29 is 14.6 Å². The zero-order chi connectivity index (χ0) is 13.7. The van der Waals surface area contributed by atoms with E-state index in [1.165, 1.54) is 0 Å². The third-order valence-corrected chi connectivity index (χ3v) is 4.10. The molecule has 0 spiro atoms. The van der Waals surface area contributed by atoms with Crippen molar-refractivity contribution in [2.45, 2.75) is 19.3 Å². The van der Waals surface area contributed by atoms with Crippen LogP contribution in [0.5, 0.6) is 5.75 Å². The number of amides is 1. The number of carbonyl (C=O) groups excluding carboxylic acids is 1. The van der Waals surface area contributed by atoms with Gasteiger partial charge in [-0.25, -0.2) is 4.79 Å². The highest BCUT2D eigenvalue weighted by atomic mass is 79.9. The lowest BCUT2D eigenvalue weighted by atomic mass is 9.94. The van der Waals surface area contributed by atoms with Crippen LogP contribution in [0.15, 0.2) is 28.7 Å². The van der Waals surface area contributed by atoms with Crippen LogP contribution in [0.3, 0.4) is 0 Å². The van der Waals surface area contributed by atoms with Gasteiger partial charge in [0, 0.05) is 19.7 Å². The molecule has 1 N–H and O–H groups in total. The maximum atomic E-state index is 12.0. The van der Waals surface area contributed by atoms with Gasteiger partial charge in [-0.05, 0) is 53.2 Å². The van der Waals surface area contributed by atoms with Gasteiger partial charge < -0.3 is 14.7 Å². The highest BCUT2D eigenvalue weighted by molar-refractivity contribution is 9.10. The summed E-state index contributed by atoms with van der Waals surface area (Å²) < 4.78 is 6.15. The SMILES string of the molecule is O=C(Oc1ccccc1Br)N1CCC(CCO)CC1. The summed E-state index contributed by atoms with van der Waals surface area (Å²) in [5.74, 6) is 1.07. The Morgan fingerprint density at radius 1 is 1.37 bits per heavy atom. The molecule has 0 radical (unpaired) electrons. The molecule has 0 bridgehead atoms. The van der Waals surface area contributed by atoms with Crippen molar-refractivity contribution in [2.75, 3.05) is 19.7 Å². The zero-order valence-corrected chi connectivity index (χ0v) is 12.3. The molecule has 0 saturated carbocycles. The van der Waals surface area contributed by atoms with Crippen molar-refractivity contribution in [2.24, 2.45) is 5.92 Å². The predicted molar refractivity (Wildman–Crippen MR) is 76.2 cm³/mol. The number of rotatable bonds is 3. The molecule has 19 heavy (non-hydrogen) atoms. The summed E-state index contributed by atoms with van der Waals surface area (Å²) >= 11 is 3.36. The van der Waals surface area contributed by atoms with Crippen LogP contribution in [0.2, 0.25) is 0 Å². The summed E-state index contributed by atoms with van der Waals surface area (Å²) in [6.07, 6.45) is 2.40. The molecule has 1 aliphatic heterocycles. The van der Waals surface area contributed by atoms with Crippen molar-refractivity contribution in [1.82, 2.24) is 4.90 Å². The number of carbonyl (C=O) groups is 1. The molecule has 5 heteroatoms. The second-order valence-electron chi connectivity index (χ2n) is 4.74. The number of piperidine rings is 1. The van der Waals surface area contributed by atoms with Gasteiger partial charge in [0.25, 0.3) is 0 Å². The zero-order valence-electron chi connectivity index (χ0n) is 10.7. The first-order valence-corrected chi connectivity index (χ1v) is 7.32. The summed E-state index contributed by atoms with van der Waals surface area (Å²) in [4.78, 5) is 13.7. The number of nitrogens with zero attached hydrogens (tertiary/aromatic N) is 1. The van der Waals surface area contributed by atoms with Gasteiger partial charge in [0.05, 0.1) is 4.47 Å². The molecule has 0 aromatic heterocycles. The first kappa shape index (κ1) is 14.3. The third-order valence-electron chi connectivity index (χ3n) is 3.44. The van der Waals surface area contributed by atoms with E-state index in [0.29, 0.717) is 24.8 Å². The number of likely N-dealkylation sites (tertiary alicyclic amines) is 1. The number of aliphatic hydroxyl groups excluding tert-OH is 1. The van der Waals surface area contributed by atoms with E-state index in [2.05, 4.69) is 15.9 Å². The molecule has 1 aromatic rings. The monoisotopic (exact) mass is 327 g/mol. The number of hydrogen-bond donors (Lipinski definition) is 1. The van der Waals surface area contributed by atoms with Crippen LogP contribution in [0, 0.1) is 5.92 Å². The van der Waals surface area contributed by atoms with Crippen LogP contribution >= 0.6 is 15.9 Å². The van der Waals surface area contributed by atoms with Gasteiger partial charge in [0.2, 0.25) is 0 Å². The molecule has 1 fully saturated rings.